The number of anilines is 1. The molecule has 0 aliphatic carbocycles. The number of rotatable bonds is 6. The Balaban J connectivity index is 1.46. The van der Waals surface area contributed by atoms with Crippen LogP contribution in [0.3, 0.4) is 0 Å². The minimum absolute atomic E-state index is 0.309. The van der Waals surface area contributed by atoms with Crippen molar-refractivity contribution in [3.8, 4) is 0 Å². The van der Waals surface area contributed by atoms with Crippen LogP contribution in [0.4, 0.5) is 9.52 Å². The van der Waals surface area contributed by atoms with Crippen molar-refractivity contribution in [2.75, 3.05) is 30.7 Å². The van der Waals surface area contributed by atoms with Crippen LogP contribution < -0.4 is 5.32 Å². The Bertz CT molecular complexity index is 671. The van der Waals surface area contributed by atoms with E-state index in [0.29, 0.717) is 10.7 Å². The molecule has 128 valence electrons. The first kappa shape index (κ1) is 17.3. The molecule has 3 rings (SSSR count). The van der Waals surface area contributed by atoms with Crippen LogP contribution >= 0.6 is 23.1 Å². The van der Waals surface area contributed by atoms with Gasteiger partial charge in [-0.2, -0.15) is 0 Å². The number of benzene rings is 1. The molecule has 1 saturated heterocycles. The maximum Gasteiger partial charge on any atom is 0.257 e. The van der Waals surface area contributed by atoms with Crippen LogP contribution in [-0.4, -0.2) is 46.4 Å². The van der Waals surface area contributed by atoms with Crippen LogP contribution in [0.5, 0.6) is 0 Å². The van der Waals surface area contributed by atoms with Gasteiger partial charge >= 0.3 is 0 Å². The number of aromatic nitrogens is 2. The van der Waals surface area contributed by atoms with Gasteiger partial charge in [0.25, 0.3) is 5.91 Å². The molecule has 1 fully saturated rings. The van der Waals surface area contributed by atoms with Crippen molar-refractivity contribution in [3.63, 3.8) is 0 Å². The summed E-state index contributed by atoms with van der Waals surface area (Å²) in [7, 11) is 0. The average molecular weight is 366 g/mol. The molecule has 0 bridgehead atoms. The summed E-state index contributed by atoms with van der Waals surface area (Å²) >= 11 is 3.02. The maximum atomic E-state index is 12.9. The monoisotopic (exact) mass is 366 g/mol. The van der Waals surface area contributed by atoms with Crippen molar-refractivity contribution >= 4 is 34.1 Å². The number of carbonyl (C=O) groups excluding carboxylic acids is 1. The molecule has 1 aliphatic heterocycles. The molecule has 1 amide bonds. The molecule has 0 radical (unpaired) electrons. The SMILES string of the molecule is O=C(Nc1nnc(SCCN2CCCCC2)s1)c1ccc(F)cc1. The third kappa shape index (κ3) is 4.99. The lowest BCUT2D eigenvalue weighted by molar-refractivity contribution is 0.102. The third-order valence-corrected chi connectivity index (χ3v) is 5.77. The van der Waals surface area contributed by atoms with E-state index in [9.17, 15) is 9.18 Å². The van der Waals surface area contributed by atoms with E-state index in [-0.39, 0.29) is 11.7 Å². The summed E-state index contributed by atoms with van der Waals surface area (Å²) in [5, 5.41) is 11.3. The highest BCUT2D eigenvalue weighted by atomic mass is 32.2. The Morgan fingerprint density at radius 1 is 1.21 bits per heavy atom. The summed E-state index contributed by atoms with van der Waals surface area (Å²) in [4.78, 5) is 14.5. The first-order chi connectivity index (χ1) is 11.7. The average Bonchev–Trinajstić information content (AvgIpc) is 3.04. The fraction of sp³-hybridized carbons (Fsp3) is 0.438. The highest BCUT2D eigenvalue weighted by molar-refractivity contribution is 8.01. The molecule has 2 aromatic rings. The molecule has 2 heterocycles. The molecular formula is C16H19FN4OS2. The number of hydrogen-bond donors (Lipinski definition) is 1. The van der Waals surface area contributed by atoms with Crippen LogP contribution in [0.15, 0.2) is 28.6 Å². The summed E-state index contributed by atoms with van der Waals surface area (Å²) in [5.41, 5.74) is 0.394. The van der Waals surface area contributed by atoms with E-state index < -0.39 is 0 Å². The molecule has 0 spiro atoms. The number of carbonyl (C=O) groups is 1. The van der Waals surface area contributed by atoms with Crippen molar-refractivity contribution in [2.45, 2.75) is 23.6 Å². The van der Waals surface area contributed by atoms with Gasteiger partial charge in [0.1, 0.15) is 5.82 Å². The zero-order valence-electron chi connectivity index (χ0n) is 13.2. The number of halogens is 1. The largest absolute Gasteiger partial charge is 0.303 e. The lowest BCUT2D eigenvalue weighted by atomic mass is 10.1. The van der Waals surface area contributed by atoms with Crippen LogP contribution in [0, 0.1) is 5.82 Å². The van der Waals surface area contributed by atoms with Crippen LogP contribution in [-0.2, 0) is 0 Å². The zero-order valence-corrected chi connectivity index (χ0v) is 14.8. The van der Waals surface area contributed by atoms with E-state index in [1.54, 1.807) is 11.8 Å². The topological polar surface area (TPSA) is 58.1 Å². The van der Waals surface area contributed by atoms with E-state index in [2.05, 4.69) is 20.4 Å². The van der Waals surface area contributed by atoms with Gasteiger partial charge in [0.05, 0.1) is 0 Å². The van der Waals surface area contributed by atoms with Crippen molar-refractivity contribution in [3.05, 3.63) is 35.6 Å². The number of nitrogens with zero attached hydrogens (tertiary/aromatic N) is 3. The van der Waals surface area contributed by atoms with E-state index in [0.717, 1.165) is 16.6 Å². The Labute approximate surface area is 148 Å². The van der Waals surface area contributed by atoms with Gasteiger partial charge in [-0.05, 0) is 50.2 Å². The number of piperidine rings is 1. The van der Waals surface area contributed by atoms with E-state index in [1.165, 1.54) is 68.0 Å². The van der Waals surface area contributed by atoms with Gasteiger partial charge in [-0.1, -0.05) is 29.5 Å². The summed E-state index contributed by atoms with van der Waals surface area (Å²) in [5.74, 6) is 0.298. The second-order valence-corrected chi connectivity index (χ2v) is 7.90. The Kier molecular flexibility index (Phi) is 6.17. The second-order valence-electron chi connectivity index (χ2n) is 5.58. The molecule has 5 nitrogen and oxygen atoms in total. The molecule has 1 aliphatic rings. The number of hydrogen-bond acceptors (Lipinski definition) is 6. The van der Waals surface area contributed by atoms with Gasteiger partial charge in [0.15, 0.2) is 4.34 Å². The van der Waals surface area contributed by atoms with E-state index >= 15 is 0 Å². The molecule has 8 heteroatoms. The summed E-state index contributed by atoms with van der Waals surface area (Å²) in [6, 6.07) is 5.41. The van der Waals surface area contributed by atoms with Crippen molar-refractivity contribution in [2.24, 2.45) is 0 Å². The highest BCUT2D eigenvalue weighted by Gasteiger charge is 2.12. The first-order valence-electron chi connectivity index (χ1n) is 7.96. The molecule has 0 unspecified atom stereocenters. The summed E-state index contributed by atoms with van der Waals surface area (Å²) in [6.07, 6.45) is 3.93. The van der Waals surface area contributed by atoms with Gasteiger partial charge in [-0.25, -0.2) is 4.39 Å². The van der Waals surface area contributed by atoms with E-state index in [1.807, 2.05) is 0 Å². The normalized spacial score (nSPS) is 15.4. The van der Waals surface area contributed by atoms with Crippen molar-refractivity contribution < 1.29 is 9.18 Å². The second kappa shape index (κ2) is 8.55. The molecule has 0 saturated carbocycles. The van der Waals surface area contributed by atoms with Gasteiger partial charge in [0.2, 0.25) is 5.13 Å². The fourth-order valence-electron chi connectivity index (χ4n) is 2.53. The van der Waals surface area contributed by atoms with Gasteiger partial charge in [-0.3, -0.25) is 10.1 Å². The lowest BCUT2D eigenvalue weighted by Gasteiger charge is -2.25. The van der Waals surface area contributed by atoms with Crippen molar-refractivity contribution in [1.82, 2.24) is 15.1 Å². The highest BCUT2D eigenvalue weighted by Crippen LogP contribution is 2.26. The molecule has 1 aromatic carbocycles. The van der Waals surface area contributed by atoms with E-state index in [4.69, 9.17) is 0 Å². The molecular weight excluding hydrogens is 347 g/mol. The smallest absolute Gasteiger partial charge is 0.257 e. The predicted molar refractivity (Wildman–Crippen MR) is 95.3 cm³/mol. The number of amides is 1. The fourth-order valence-corrected chi connectivity index (χ4v) is 4.35. The number of likely N-dealkylation sites (tertiary alicyclic amines) is 1. The third-order valence-electron chi connectivity index (χ3n) is 3.82. The van der Waals surface area contributed by atoms with Gasteiger partial charge in [0, 0.05) is 17.9 Å². The maximum absolute atomic E-state index is 12.9. The summed E-state index contributed by atoms with van der Waals surface area (Å²) in [6.45, 7) is 3.44. The minimum atomic E-state index is -0.366. The minimum Gasteiger partial charge on any atom is -0.303 e. The number of thioether (sulfide) groups is 1. The Hall–Kier alpha value is -1.51. The van der Waals surface area contributed by atoms with Gasteiger partial charge in [-0.15, -0.1) is 10.2 Å². The molecule has 1 aromatic heterocycles. The van der Waals surface area contributed by atoms with Gasteiger partial charge < -0.3 is 4.90 Å². The zero-order chi connectivity index (χ0) is 16.8. The molecule has 24 heavy (non-hydrogen) atoms. The molecule has 1 N–H and O–H groups in total. The Morgan fingerprint density at radius 3 is 2.71 bits per heavy atom. The van der Waals surface area contributed by atoms with Crippen molar-refractivity contribution in [1.29, 1.82) is 0 Å². The molecule has 0 atom stereocenters. The van der Waals surface area contributed by atoms with Crippen LogP contribution in [0.1, 0.15) is 29.6 Å². The number of nitrogens with one attached hydrogen (secondary N) is 1. The van der Waals surface area contributed by atoms with Crippen LogP contribution in [0.2, 0.25) is 0 Å². The lowest BCUT2D eigenvalue weighted by Crippen LogP contribution is -2.31. The quantitative estimate of drug-likeness (QED) is 0.626. The summed E-state index contributed by atoms with van der Waals surface area (Å²) < 4.78 is 13.7. The first-order valence-corrected chi connectivity index (χ1v) is 9.76. The Morgan fingerprint density at radius 2 is 1.96 bits per heavy atom. The standard InChI is InChI=1S/C16H19FN4OS2/c17-13-6-4-12(5-7-13)14(22)18-15-19-20-16(24-15)23-11-10-21-8-2-1-3-9-21/h4-7H,1-3,8-11H2,(H,18,19,22). The van der Waals surface area contributed by atoms with Crippen LogP contribution in [0.25, 0.3) is 0 Å². The predicted octanol–water partition coefficient (Wildman–Crippen LogP) is 3.51.